The molecule has 1 fully saturated rings. The van der Waals surface area contributed by atoms with Gasteiger partial charge in [0, 0.05) is 38.9 Å². The van der Waals surface area contributed by atoms with Crippen LogP contribution in [0.2, 0.25) is 0 Å². The average Bonchev–Trinajstić information content (AvgIpc) is 2.61. The summed E-state index contributed by atoms with van der Waals surface area (Å²) in [6.07, 6.45) is 2.04. The zero-order valence-corrected chi connectivity index (χ0v) is 9.92. The third-order valence-electron chi connectivity index (χ3n) is 2.47. The molecular formula is C9H15BrN4. The molecule has 0 spiro atoms. The van der Waals surface area contributed by atoms with Gasteiger partial charge in [-0.1, -0.05) is 0 Å². The summed E-state index contributed by atoms with van der Waals surface area (Å²) < 4.78 is 3.10. The summed E-state index contributed by atoms with van der Waals surface area (Å²) in [5, 5.41) is 3.34. The van der Waals surface area contributed by atoms with Gasteiger partial charge >= 0.3 is 0 Å². The molecule has 0 amide bonds. The van der Waals surface area contributed by atoms with Crippen LogP contribution in [0.1, 0.15) is 6.92 Å². The Balaban J connectivity index is 2.20. The number of aromatic nitrogens is 2. The van der Waals surface area contributed by atoms with E-state index in [1.807, 2.05) is 6.20 Å². The number of nitrogens with one attached hydrogen (secondary N) is 1. The lowest BCUT2D eigenvalue weighted by Gasteiger charge is -2.28. The number of piperazine rings is 1. The number of hydrogen-bond acceptors (Lipinski definition) is 3. The van der Waals surface area contributed by atoms with Gasteiger partial charge < -0.3 is 14.8 Å². The Morgan fingerprint density at radius 2 is 2.21 bits per heavy atom. The molecule has 1 saturated heterocycles. The molecule has 0 radical (unpaired) electrons. The fourth-order valence-electron chi connectivity index (χ4n) is 1.72. The Morgan fingerprint density at radius 3 is 2.86 bits per heavy atom. The lowest BCUT2D eigenvalue weighted by atomic mass is 10.4. The van der Waals surface area contributed by atoms with Gasteiger partial charge in [0.2, 0.25) is 5.95 Å². The molecule has 0 aromatic carbocycles. The van der Waals surface area contributed by atoms with Crippen LogP contribution in [-0.2, 0) is 6.54 Å². The van der Waals surface area contributed by atoms with E-state index in [4.69, 9.17) is 0 Å². The Hall–Kier alpha value is -0.550. The van der Waals surface area contributed by atoms with Crippen LogP contribution < -0.4 is 10.2 Å². The lowest BCUT2D eigenvalue weighted by molar-refractivity contribution is 0.568. The van der Waals surface area contributed by atoms with E-state index >= 15 is 0 Å². The SMILES string of the molecule is CCn1cc(Br)nc1N1CCNCC1. The van der Waals surface area contributed by atoms with E-state index in [2.05, 4.69) is 42.6 Å². The van der Waals surface area contributed by atoms with Crippen molar-refractivity contribution in [3.8, 4) is 0 Å². The highest BCUT2D eigenvalue weighted by Gasteiger charge is 2.15. The molecule has 0 saturated carbocycles. The minimum atomic E-state index is 0.924. The van der Waals surface area contributed by atoms with Gasteiger partial charge in [0.05, 0.1) is 0 Å². The third-order valence-corrected chi connectivity index (χ3v) is 2.85. The number of aryl methyl sites for hydroxylation is 1. The fourth-order valence-corrected chi connectivity index (χ4v) is 2.13. The molecule has 2 rings (SSSR count). The van der Waals surface area contributed by atoms with E-state index in [0.29, 0.717) is 0 Å². The molecule has 1 aliphatic rings. The van der Waals surface area contributed by atoms with Crippen molar-refractivity contribution in [3.05, 3.63) is 10.8 Å². The smallest absolute Gasteiger partial charge is 0.206 e. The summed E-state index contributed by atoms with van der Waals surface area (Å²) in [7, 11) is 0. The van der Waals surface area contributed by atoms with Crippen LogP contribution in [0.3, 0.4) is 0 Å². The molecule has 14 heavy (non-hydrogen) atoms. The maximum atomic E-state index is 4.48. The molecule has 78 valence electrons. The van der Waals surface area contributed by atoms with E-state index < -0.39 is 0 Å². The molecule has 1 N–H and O–H groups in total. The van der Waals surface area contributed by atoms with Gasteiger partial charge in [-0.15, -0.1) is 0 Å². The summed E-state index contributed by atoms with van der Waals surface area (Å²) in [6.45, 7) is 7.30. The monoisotopic (exact) mass is 258 g/mol. The van der Waals surface area contributed by atoms with Crippen molar-refractivity contribution in [2.24, 2.45) is 0 Å². The van der Waals surface area contributed by atoms with Crippen LogP contribution in [0.15, 0.2) is 10.8 Å². The van der Waals surface area contributed by atoms with E-state index in [9.17, 15) is 0 Å². The molecule has 1 aromatic rings. The Kier molecular flexibility index (Phi) is 3.08. The second-order valence-corrected chi connectivity index (χ2v) is 4.20. The Labute approximate surface area is 92.4 Å². The number of halogens is 1. The highest BCUT2D eigenvalue weighted by Crippen LogP contribution is 2.18. The zero-order chi connectivity index (χ0) is 9.97. The predicted molar refractivity (Wildman–Crippen MR) is 60.7 cm³/mol. The van der Waals surface area contributed by atoms with Crippen LogP contribution in [0.5, 0.6) is 0 Å². The molecule has 4 nitrogen and oxygen atoms in total. The van der Waals surface area contributed by atoms with Crippen LogP contribution >= 0.6 is 15.9 Å². The quantitative estimate of drug-likeness (QED) is 0.862. The van der Waals surface area contributed by atoms with Gasteiger partial charge in [0.15, 0.2) is 0 Å². The zero-order valence-electron chi connectivity index (χ0n) is 8.33. The van der Waals surface area contributed by atoms with Gasteiger partial charge in [-0.3, -0.25) is 0 Å². The lowest BCUT2D eigenvalue weighted by Crippen LogP contribution is -2.44. The second-order valence-electron chi connectivity index (χ2n) is 3.39. The van der Waals surface area contributed by atoms with Crippen LogP contribution in [0, 0.1) is 0 Å². The average molecular weight is 259 g/mol. The van der Waals surface area contributed by atoms with E-state index in [0.717, 1.165) is 43.3 Å². The number of rotatable bonds is 2. The minimum absolute atomic E-state index is 0.924. The van der Waals surface area contributed by atoms with Gasteiger partial charge in [0.1, 0.15) is 4.60 Å². The Morgan fingerprint density at radius 1 is 1.50 bits per heavy atom. The first-order valence-corrected chi connectivity index (χ1v) is 5.79. The van der Waals surface area contributed by atoms with E-state index in [1.54, 1.807) is 0 Å². The van der Waals surface area contributed by atoms with Crippen molar-refractivity contribution >= 4 is 21.9 Å². The van der Waals surface area contributed by atoms with Gasteiger partial charge in [0.25, 0.3) is 0 Å². The molecule has 1 aromatic heterocycles. The molecule has 0 atom stereocenters. The number of nitrogens with zero attached hydrogens (tertiary/aromatic N) is 3. The van der Waals surface area contributed by atoms with Crippen LogP contribution in [0.25, 0.3) is 0 Å². The Bertz CT molecular complexity index is 304. The first-order valence-electron chi connectivity index (χ1n) is 4.99. The standard InChI is InChI=1S/C9H15BrN4/c1-2-13-7-8(10)12-9(13)14-5-3-11-4-6-14/h7,11H,2-6H2,1H3. The highest BCUT2D eigenvalue weighted by molar-refractivity contribution is 9.10. The van der Waals surface area contributed by atoms with Crippen LogP contribution in [0.4, 0.5) is 5.95 Å². The maximum Gasteiger partial charge on any atom is 0.206 e. The number of imidazole rings is 1. The summed E-state index contributed by atoms with van der Waals surface area (Å²) in [6, 6.07) is 0. The topological polar surface area (TPSA) is 33.1 Å². The second kappa shape index (κ2) is 4.31. The third kappa shape index (κ3) is 1.93. The van der Waals surface area contributed by atoms with Crippen LogP contribution in [-0.4, -0.2) is 35.7 Å². The summed E-state index contributed by atoms with van der Waals surface area (Å²) in [5.41, 5.74) is 0. The maximum absolute atomic E-state index is 4.48. The van der Waals surface area contributed by atoms with Crippen molar-refractivity contribution in [2.45, 2.75) is 13.5 Å². The largest absolute Gasteiger partial charge is 0.340 e. The van der Waals surface area contributed by atoms with Crippen molar-refractivity contribution in [1.29, 1.82) is 0 Å². The molecule has 0 aliphatic carbocycles. The molecule has 0 unspecified atom stereocenters. The normalized spacial score (nSPS) is 17.4. The van der Waals surface area contributed by atoms with E-state index in [-0.39, 0.29) is 0 Å². The fraction of sp³-hybridized carbons (Fsp3) is 0.667. The van der Waals surface area contributed by atoms with Crippen molar-refractivity contribution in [1.82, 2.24) is 14.9 Å². The van der Waals surface area contributed by atoms with Crippen molar-refractivity contribution in [3.63, 3.8) is 0 Å². The molecule has 1 aliphatic heterocycles. The van der Waals surface area contributed by atoms with Crippen molar-refractivity contribution < 1.29 is 0 Å². The first kappa shape index (κ1) is 9.98. The minimum Gasteiger partial charge on any atom is -0.340 e. The first-order chi connectivity index (χ1) is 6.81. The van der Waals surface area contributed by atoms with Crippen molar-refractivity contribution in [2.75, 3.05) is 31.1 Å². The molecule has 2 heterocycles. The summed E-state index contributed by atoms with van der Waals surface area (Å²) in [5.74, 6) is 1.08. The molecule has 0 bridgehead atoms. The molecule has 5 heteroatoms. The van der Waals surface area contributed by atoms with Gasteiger partial charge in [-0.05, 0) is 22.9 Å². The number of anilines is 1. The van der Waals surface area contributed by atoms with Gasteiger partial charge in [-0.2, -0.15) is 0 Å². The van der Waals surface area contributed by atoms with E-state index in [1.165, 1.54) is 0 Å². The predicted octanol–water partition coefficient (Wildman–Crippen LogP) is 1.08. The summed E-state index contributed by atoms with van der Waals surface area (Å²) in [4.78, 5) is 6.81. The summed E-state index contributed by atoms with van der Waals surface area (Å²) >= 11 is 3.42. The number of hydrogen-bond donors (Lipinski definition) is 1. The van der Waals surface area contributed by atoms with Gasteiger partial charge in [-0.25, -0.2) is 4.98 Å². The molecular weight excluding hydrogens is 244 g/mol. The highest BCUT2D eigenvalue weighted by atomic mass is 79.9.